The van der Waals surface area contributed by atoms with E-state index < -0.39 is 10.0 Å². The fourth-order valence-electron chi connectivity index (χ4n) is 3.07. The van der Waals surface area contributed by atoms with Crippen molar-refractivity contribution in [3.8, 4) is 0 Å². The Bertz CT molecular complexity index is 845. The van der Waals surface area contributed by atoms with Gasteiger partial charge in [0.2, 0.25) is 5.91 Å². The van der Waals surface area contributed by atoms with Gasteiger partial charge in [0.15, 0.2) is 0 Å². The van der Waals surface area contributed by atoms with Gasteiger partial charge in [-0.2, -0.15) is 0 Å². The number of anilines is 2. The first-order valence-electron chi connectivity index (χ1n) is 8.53. The molecule has 1 aliphatic rings. The number of nitrogens with zero attached hydrogens (tertiary/aromatic N) is 1. The Hall–Kier alpha value is -2.38. The number of sulfonamides is 1. The van der Waals surface area contributed by atoms with Crippen LogP contribution in [0.2, 0.25) is 0 Å². The number of hydrogen-bond acceptors (Lipinski definition) is 4. The van der Waals surface area contributed by atoms with Crippen molar-refractivity contribution in [2.45, 2.75) is 30.7 Å². The van der Waals surface area contributed by atoms with Crippen LogP contribution >= 0.6 is 0 Å². The van der Waals surface area contributed by atoms with Crippen LogP contribution in [-0.2, 0) is 19.6 Å². The van der Waals surface area contributed by atoms with Crippen LogP contribution in [-0.4, -0.2) is 33.6 Å². The molecule has 1 amide bonds. The Morgan fingerprint density at radius 1 is 1.04 bits per heavy atom. The fourth-order valence-corrected chi connectivity index (χ4v) is 4.80. The molecule has 0 atom stereocenters. The first-order chi connectivity index (χ1) is 12.5. The van der Waals surface area contributed by atoms with Crippen molar-refractivity contribution in [3.63, 3.8) is 0 Å². The van der Waals surface area contributed by atoms with Crippen LogP contribution in [0.3, 0.4) is 0 Å². The predicted molar refractivity (Wildman–Crippen MR) is 101 cm³/mol. The molecule has 7 heteroatoms. The van der Waals surface area contributed by atoms with Gasteiger partial charge < -0.3 is 10.1 Å². The lowest BCUT2D eigenvalue weighted by atomic mass is 10.1. The molecule has 138 valence electrons. The van der Waals surface area contributed by atoms with E-state index in [0.717, 1.165) is 0 Å². The maximum atomic E-state index is 13.3. The number of rotatable bonds is 5. The number of hydrogen-bond donors (Lipinski definition) is 1. The zero-order valence-electron chi connectivity index (χ0n) is 14.6. The molecule has 3 rings (SSSR count). The molecule has 1 saturated heterocycles. The predicted octanol–water partition coefficient (Wildman–Crippen LogP) is 3.02. The molecule has 1 N–H and O–H groups in total. The van der Waals surface area contributed by atoms with E-state index in [1.807, 2.05) is 0 Å². The standard InChI is InChI=1S/C19H22N2O4S/c1-15(22)20-16-7-9-17(10-8-16)21(18-11-13-25-14-12-18)26(23,24)19-5-3-2-4-6-19/h2-10,18H,11-14H2,1H3,(H,20,22). The summed E-state index contributed by atoms with van der Waals surface area (Å²) in [6.07, 6.45) is 1.28. The quantitative estimate of drug-likeness (QED) is 0.873. The number of amides is 1. The summed E-state index contributed by atoms with van der Waals surface area (Å²) < 4.78 is 33.5. The van der Waals surface area contributed by atoms with E-state index in [0.29, 0.717) is 37.4 Å². The average Bonchev–Trinajstić information content (AvgIpc) is 2.64. The lowest BCUT2D eigenvalue weighted by Crippen LogP contribution is -2.43. The van der Waals surface area contributed by atoms with Gasteiger partial charge >= 0.3 is 0 Å². The van der Waals surface area contributed by atoms with E-state index in [1.165, 1.54) is 11.2 Å². The van der Waals surface area contributed by atoms with Gasteiger partial charge in [0.25, 0.3) is 10.0 Å². The second kappa shape index (κ2) is 7.88. The molecule has 0 aliphatic carbocycles. The van der Waals surface area contributed by atoms with Gasteiger partial charge in [-0.3, -0.25) is 9.10 Å². The molecule has 2 aromatic rings. The number of carbonyl (C=O) groups is 1. The highest BCUT2D eigenvalue weighted by Crippen LogP contribution is 2.30. The number of carbonyl (C=O) groups excluding carboxylic acids is 1. The van der Waals surface area contributed by atoms with Gasteiger partial charge in [0.1, 0.15) is 0 Å². The van der Waals surface area contributed by atoms with Gasteiger partial charge in [0, 0.05) is 31.9 Å². The van der Waals surface area contributed by atoms with Crippen LogP contribution in [0.5, 0.6) is 0 Å². The minimum Gasteiger partial charge on any atom is -0.381 e. The van der Waals surface area contributed by atoms with Gasteiger partial charge in [-0.25, -0.2) is 8.42 Å². The zero-order chi connectivity index (χ0) is 18.6. The molecule has 1 aliphatic heterocycles. The van der Waals surface area contributed by atoms with E-state index in [4.69, 9.17) is 4.74 Å². The van der Waals surface area contributed by atoms with Gasteiger partial charge in [-0.05, 0) is 49.2 Å². The molecular weight excluding hydrogens is 352 g/mol. The lowest BCUT2D eigenvalue weighted by molar-refractivity contribution is -0.114. The smallest absolute Gasteiger partial charge is 0.264 e. The van der Waals surface area contributed by atoms with E-state index in [9.17, 15) is 13.2 Å². The molecule has 6 nitrogen and oxygen atoms in total. The highest BCUT2D eigenvalue weighted by molar-refractivity contribution is 7.92. The first kappa shape index (κ1) is 18.4. The van der Waals surface area contributed by atoms with E-state index in [2.05, 4.69) is 5.32 Å². The molecular formula is C19H22N2O4S. The summed E-state index contributed by atoms with van der Waals surface area (Å²) >= 11 is 0. The summed E-state index contributed by atoms with van der Waals surface area (Å²) in [6.45, 7) is 2.51. The molecule has 0 aromatic heterocycles. The molecule has 0 saturated carbocycles. The topological polar surface area (TPSA) is 75.7 Å². The van der Waals surface area contributed by atoms with Crippen molar-refractivity contribution < 1.29 is 17.9 Å². The van der Waals surface area contributed by atoms with Gasteiger partial charge in [0.05, 0.1) is 10.6 Å². The van der Waals surface area contributed by atoms with Gasteiger partial charge in [-0.1, -0.05) is 18.2 Å². The summed E-state index contributed by atoms with van der Waals surface area (Å²) in [4.78, 5) is 11.5. The van der Waals surface area contributed by atoms with E-state index in [1.54, 1.807) is 54.6 Å². The summed E-state index contributed by atoms with van der Waals surface area (Å²) in [5.41, 5.74) is 1.21. The van der Waals surface area contributed by atoms with Crippen molar-refractivity contribution in [2.75, 3.05) is 22.8 Å². The van der Waals surface area contributed by atoms with Crippen molar-refractivity contribution in [3.05, 3.63) is 54.6 Å². The van der Waals surface area contributed by atoms with Crippen LogP contribution in [0.1, 0.15) is 19.8 Å². The van der Waals surface area contributed by atoms with Crippen molar-refractivity contribution in [2.24, 2.45) is 0 Å². The Morgan fingerprint density at radius 2 is 1.65 bits per heavy atom. The first-order valence-corrected chi connectivity index (χ1v) is 9.97. The third kappa shape index (κ3) is 4.05. The van der Waals surface area contributed by atoms with Crippen molar-refractivity contribution >= 4 is 27.3 Å². The molecule has 2 aromatic carbocycles. The molecule has 26 heavy (non-hydrogen) atoms. The SMILES string of the molecule is CC(=O)Nc1ccc(N(C2CCOCC2)S(=O)(=O)c2ccccc2)cc1. The van der Waals surface area contributed by atoms with Crippen LogP contribution < -0.4 is 9.62 Å². The van der Waals surface area contributed by atoms with Gasteiger partial charge in [-0.15, -0.1) is 0 Å². The summed E-state index contributed by atoms with van der Waals surface area (Å²) in [7, 11) is -3.70. The summed E-state index contributed by atoms with van der Waals surface area (Å²) in [5, 5.41) is 2.69. The Labute approximate surface area is 153 Å². The summed E-state index contributed by atoms with van der Waals surface area (Å²) in [5.74, 6) is -0.170. The molecule has 0 radical (unpaired) electrons. The van der Waals surface area contributed by atoms with Crippen molar-refractivity contribution in [1.29, 1.82) is 0 Å². The fraction of sp³-hybridized carbons (Fsp3) is 0.316. The minimum absolute atomic E-state index is 0.166. The Kier molecular flexibility index (Phi) is 5.58. The second-order valence-electron chi connectivity index (χ2n) is 6.19. The highest BCUT2D eigenvalue weighted by Gasteiger charge is 2.32. The third-order valence-electron chi connectivity index (χ3n) is 4.26. The van der Waals surface area contributed by atoms with Crippen LogP contribution in [0.4, 0.5) is 11.4 Å². The second-order valence-corrected chi connectivity index (χ2v) is 8.00. The van der Waals surface area contributed by atoms with Crippen LogP contribution in [0.25, 0.3) is 0 Å². The number of benzene rings is 2. The Morgan fingerprint density at radius 3 is 2.23 bits per heavy atom. The maximum Gasteiger partial charge on any atom is 0.264 e. The maximum absolute atomic E-state index is 13.3. The number of nitrogens with one attached hydrogen (secondary N) is 1. The minimum atomic E-state index is -3.70. The van der Waals surface area contributed by atoms with Crippen molar-refractivity contribution in [1.82, 2.24) is 0 Å². The summed E-state index contributed by atoms with van der Waals surface area (Å²) in [6, 6.07) is 15.1. The van der Waals surface area contributed by atoms with Crippen LogP contribution in [0.15, 0.2) is 59.5 Å². The zero-order valence-corrected chi connectivity index (χ0v) is 15.4. The monoisotopic (exact) mass is 374 g/mol. The number of ether oxygens (including phenoxy) is 1. The molecule has 0 bridgehead atoms. The third-order valence-corrected chi connectivity index (χ3v) is 6.16. The Balaban J connectivity index is 1.99. The molecule has 0 spiro atoms. The van der Waals surface area contributed by atoms with Crippen LogP contribution in [0, 0.1) is 0 Å². The van der Waals surface area contributed by atoms with E-state index in [-0.39, 0.29) is 16.8 Å². The average molecular weight is 374 g/mol. The largest absolute Gasteiger partial charge is 0.381 e. The molecule has 0 unspecified atom stereocenters. The normalized spacial score (nSPS) is 15.4. The molecule has 1 heterocycles. The highest BCUT2D eigenvalue weighted by atomic mass is 32.2. The molecule has 1 fully saturated rings. The van der Waals surface area contributed by atoms with E-state index >= 15 is 0 Å². The lowest BCUT2D eigenvalue weighted by Gasteiger charge is -2.35.